The zero-order chi connectivity index (χ0) is 25.9. The lowest BCUT2D eigenvalue weighted by atomic mass is 9.88. The van der Waals surface area contributed by atoms with Crippen molar-refractivity contribution in [3.63, 3.8) is 0 Å². The average molecular weight is 525 g/mol. The van der Waals surface area contributed by atoms with Crippen LogP contribution >= 0.6 is 0 Å². The molecule has 1 fully saturated rings. The van der Waals surface area contributed by atoms with Crippen LogP contribution in [0.5, 0.6) is 0 Å². The van der Waals surface area contributed by atoms with Crippen molar-refractivity contribution < 1.29 is 27.1 Å². The Bertz CT molecular complexity index is 1230. The largest absolute Gasteiger partial charge is 0.395 e. The van der Waals surface area contributed by atoms with Crippen LogP contribution in [-0.2, 0) is 10.0 Å². The molecule has 0 radical (unpaired) electrons. The Morgan fingerprint density at radius 1 is 1.25 bits per heavy atom. The van der Waals surface area contributed by atoms with Crippen molar-refractivity contribution >= 4 is 39.1 Å². The summed E-state index contributed by atoms with van der Waals surface area (Å²) in [6.45, 7) is 1.76. The van der Waals surface area contributed by atoms with Crippen molar-refractivity contribution in [2.24, 2.45) is 5.92 Å². The lowest BCUT2D eigenvalue weighted by Gasteiger charge is -2.40. The monoisotopic (exact) mass is 524 g/mol. The van der Waals surface area contributed by atoms with Gasteiger partial charge in [-0.25, -0.2) is 22.2 Å². The van der Waals surface area contributed by atoms with E-state index in [-0.39, 0.29) is 36.6 Å². The molecule has 3 heterocycles. The minimum atomic E-state index is -3.82. The number of piperidine rings is 1. The number of halogens is 2. The summed E-state index contributed by atoms with van der Waals surface area (Å²) in [7, 11) is -3.82. The highest BCUT2D eigenvalue weighted by Crippen LogP contribution is 2.39. The number of aryl methyl sites for hydroxylation is 1. The molecule has 4 rings (SSSR count). The van der Waals surface area contributed by atoms with E-state index in [1.54, 1.807) is 17.9 Å². The molecule has 36 heavy (non-hydrogen) atoms. The summed E-state index contributed by atoms with van der Waals surface area (Å²) in [4.78, 5) is 23.7. The summed E-state index contributed by atoms with van der Waals surface area (Å²) in [5.41, 5.74) is 1.35. The Morgan fingerprint density at radius 3 is 2.83 bits per heavy atom. The van der Waals surface area contributed by atoms with Crippen molar-refractivity contribution in [2.75, 3.05) is 52.2 Å². The number of carbonyl (C=O) groups excluding carboxylic acids is 1. The molecule has 4 bridgehead atoms. The predicted octanol–water partition coefficient (Wildman–Crippen LogP) is 2.83. The van der Waals surface area contributed by atoms with Crippen LogP contribution in [0.1, 0.15) is 41.7 Å². The van der Waals surface area contributed by atoms with E-state index >= 15 is 0 Å². The molecule has 0 saturated carbocycles. The predicted molar refractivity (Wildman–Crippen MR) is 133 cm³/mol. The topological polar surface area (TPSA) is 137 Å². The van der Waals surface area contributed by atoms with E-state index in [1.807, 2.05) is 0 Å². The van der Waals surface area contributed by atoms with Crippen molar-refractivity contribution in [3.05, 3.63) is 35.5 Å². The first kappa shape index (κ1) is 26.0. The molecule has 196 valence electrons. The first-order valence-corrected chi connectivity index (χ1v) is 13.5. The van der Waals surface area contributed by atoms with E-state index in [4.69, 9.17) is 5.11 Å². The van der Waals surface area contributed by atoms with Gasteiger partial charge in [0.2, 0.25) is 16.0 Å². The van der Waals surface area contributed by atoms with Crippen LogP contribution < -0.4 is 20.3 Å². The van der Waals surface area contributed by atoms with Crippen LogP contribution in [0.4, 0.5) is 31.9 Å². The van der Waals surface area contributed by atoms with Crippen molar-refractivity contribution in [1.29, 1.82) is 0 Å². The Morgan fingerprint density at radius 2 is 2.06 bits per heavy atom. The van der Waals surface area contributed by atoms with Crippen molar-refractivity contribution in [1.82, 2.24) is 9.97 Å². The molecule has 1 unspecified atom stereocenters. The van der Waals surface area contributed by atoms with Gasteiger partial charge in [0.15, 0.2) is 0 Å². The van der Waals surface area contributed by atoms with E-state index in [1.165, 1.54) is 18.2 Å². The molecule has 1 atom stereocenters. The molecule has 4 N–H and O–H groups in total. The molecule has 0 spiro atoms. The number of nitrogens with zero attached hydrogens (tertiary/aromatic N) is 3. The summed E-state index contributed by atoms with van der Waals surface area (Å²) < 4.78 is 56.3. The minimum absolute atomic E-state index is 0.00887. The van der Waals surface area contributed by atoms with Crippen LogP contribution in [0.15, 0.2) is 24.3 Å². The number of carbonyl (C=O) groups is 1. The average Bonchev–Trinajstić information content (AvgIpc) is 2.78. The van der Waals surface area contributed by atoms with Crippen LogP contribution in [0.25, 0.3) is 0 Å². The SMILES string of the molecule is Cc1cc2nc(n1)NCCCCC1CN(CCC1(F)F)c1cc(NS(=O)(=O)CCO)ccc1C(=O)N2. The molecule has 13 heteroatoms. The number of aliphatic hydroxyl groups excluding tert-OH is 1. The van der Waals surface area contributed by atoms with E-state index in [9.17, 15) is 22.0 Å². The van der Waals surface area contributed by atoms with Crippen molar-refractivity contribution in [3.8, 4) is 0 Å². The van der Waals surface area contributed by atoms with E-state index < -0.39 is 40.1 Å². The lowest BCUT2D eigenvalue weighted by molar-refractivity contribution is -0.0753. The number of hydrogen-bond donors (Lipinski definition) is 4. The van der Waals surface area contributed by atoms with Gasteiger partial charge in [0.1, 0.15) is 5.82 Å². The second-order valence-electron chi connectivity index (χ2n) is 9.13. The van der Waals surface area contributed by atoms with Crippen LogP contribution in [0, 0.1) is 12.8 Å². The number of alkyl halides is 2. The molecule has 1 saturated heterocycles. The van der Waals surface area contributed by atoms with Crippen LogP contribution in [0.2, 0.25) is 0 Å². The molecule has 2 aliphatic rings. The smallest absolute Gasteiger partial charge is 0.258 e. The number of hydrogen-bond acceptors (Lipinski definition) is 8. The fourth-order valence-electron chi connectivity index (χ4n) is 4.51. The molecule has 10 nitrogen and oxygen atoms in total. The third-order valence-electron chi connectivity index (χ3n) is 6.33. The standard InChI is InChI=1S/C23H30F2N6O4S/c1-15-12-20-28-21(33)18-6-5-17(30-36(34,35)11-10-32)13-19(18)31-9-7-23(24,25)16(14-31)4-2-3-8-26-22(27-15)29-20/h5-6,12-13,16,30,32H,2-4,7-11,14H2,1H3,(H2,26,27,28,29,33). The zero-order valence-corrected chi connectivity index (χ0v) is 20.7. The van der Waals surface area contributed by atoms with Gasteiger partial charge in [-0.05, 0) is 38.0 Å². The second-order valence-corrected chi connectivity index (χ2v) is 11.0. The fourth-order valence-corrected chi connectivity index (χ4v) is 5.34. The maximum atomic E-state index is 14.8. The Hall–Kier alpha value is -3.06. The quantitative estimate of drug-likeness (QED) is 0.479. The Balaban J connectivity index is 1.75. The number of rotatable bonds is 4. The second kappa shape index (κ2) is 10.5. The highest BCUT2D eigenvalue weighted by molar-refractivity contribution is 7.92. The molecular formula is C23H30F2N6O4S. The fraction of sp³-hybridized carbons (Fsp3) is 0.522. The van der Waals surface area contributed by atoms with Crippen molar-refractivity contribution in [2.45, 2.75) is 38.5 Å². The number of amides is 1. The number of aliphatic hydroxyl groups is 1. The number of aromatic nitrogens is 2. The lowest BCUT2D eigenvalue weighted by Crippen LogP contribution is -2.47. The Kier molecular flexibility index (Phi) is 7.59. The van der Waals surface area contributed by atoms with Gasteiger partial charge < -0.3 is 20.6 Å². The van der Waals surface area contributed by atoms with Gasteiger partial charge >= 0.3 is 0 Å². The Labute approximate surface area is 208 Å². The maximum Gasteiger partial charge on any atom is 0.258 e. The first-order valence-electron chi connectivity index (χ1n) is 11.9. The zero-order valence-electron chi connectivity index (χ0n) is 19.9. The molecule has 2 aromatic rings. The highest BCUT2D eigenvalue weighted by atomic mass is 32.2. The number of nitrogens with one attached hydrogen (secondary N) is 3. The molecule has 1 amide bonds. The number of anilines is 4. The third kappa shape index (κ3) is 6.19. The maximum absolute atomic E-state index is 14.8. The van der Waals surface area contributed by atoms with Gasteiger partial charge in [-0.1, -0.05) is 6.42 Å². The summed E-state index contributed by atoms with van der Waals surface area (Å²) in [6.07, 6.45) is 1.15. The molecule has 1 aromatic heterocycles. The number of benzene rings is 1. The van der Waals surface area contributed by atoms with Gasteiger partial charge in [-0.15, -0.1) is 0 Å². The minimum Gasteiger partial charge on any atom is -0.395 e. The van der Waals surface area contributed by atoms with E-state index in [0.29, 0.717) is 43.1 Å². The van der Waals surface area contributed by atoms with E-state index in [0.717, 1.165) is 0 Å². The third-order valence-corrected chi connectivity index (χ3v) is 7.59. The molecular weight excluding hydrogens is 494 g/mol. The molecule has 2 aliphatic heterocycles. The highest BCUT2D eigenvalue weighted by Gasteiger charge is 2.44. The van der Waals surface area contributed by atoms with Gasteiger partial charge in [-0.2, -0.15) is 4.98 Å². The van der Waals surface area contributed by atoms with Gasteiger partial charge in [0.25, 0.3) is 11.8 Å². The molecule has 1 aromatic carbocycles. The van der Waals surface area contributed by atoms with E-state index in [2.05, 4.69) is 25.3 Å². The summed E-state index contributed by atoms with van der Waals surface area (Å²) in [5, 5.41) is 14.9. The number of sulfonamides is 1. The summed E-state index contributed by atoms with van der Waals surface area (Å²) >= 11 is 0. The van der Waals surface area contributed by atoms with Crippen LogP contribution in [0.3, 0.4) is 0 Å². The van der Waals surface area contributed by atoms with Gasteiger partial charge in [-0.3, -0.25) is 9.52 Å². The summed E-state index contributed by atoms with van der Waals surface area (Å²) in [6, 6.07) is 5.97. The molecule has 0 aliphatic carbocycles. The van der Waals surface area contributed by atoms with Gasteiger partial charge in [0, 0.05) is 43.7 Å². The first-order chi connectivity index (χ1) is 17.1. The van der Waals surface area contributed by atoms with Crippen LogP contribution in [-0.4, -0.2) is 67.3 Å². The summed E-state index contributed by atoms with van der Waals surface area (Å²) in [5.74, 6) is -4.14. The van der Waals surface area contributed by atoms with Gasteiger partial charge in [0.05, 0.1) is 29.3 Å². The number of fused-ring (bicyclic) bond motifs is 6. The normalized spacial score (nSPS) is 20.3.